The Labute approximate surface area is 122 Å². The van der Waals surface area contributed by atoms with E-state index in [4.69, 9.17) is 0 Å². The van der Waals surface area contributed by atoms with Crippen LogP contribution in [0.1, 0.15) is 6.92 Å². The Morgan fingerprint density at radius 2 is 2.00 bits per heavy atom. The Kier molecular flexibility index (Phi) is 4.57. The van der Waals surface area contributed by atoms with Gasteiger partial charge in [0.1, 0.15) is 5.75 Å². The highest BCUT2D eigenvalue weighted by Gasteiger charge is 2.23. The number of rotatable bonds is 5. The summed E-state index contributed by atoms with van der Waals surface area (Å²) in [6.45, 7) is 2.26. The molecule has 1 aromatic heterocycles. The van der Waals surface area contributed by atoms with Crippen LogP contribution in [0.3, 0.4) is 0 Å². The predicted molar refractivity (Wildman–Crippen MR) is 79.7 cm³/mol. The summed E-state index contributed by atoms with van der Waals surface area (Å²) in [4.78, 5) is 13.8. The van der Waals surface area contributed by atoms with Gasteiger partial charge < -0.3 is 4.90 Å². The monoisotopic (exact) mass is 308 g/mol. The van der Waals surface area contributed by atoms with E-state index < -0.39 is 21.5 Å². The van der Waals surface area contributed by atoms with Crippen molar-refractivity contribution in [1.29, 1.82) is 0 Å². The topological polar surface area (TPSA) is 54.5 Å². The molecule has 20 heavy (non-hydrogen) atoms. The maximum atomic E-state index is 12.2. The number of nitrogens with zero attached hydrogens (tertiary/aromatic N) is 1. The molecule has 0 saturated carbocycles. The van der Waals surface area contributed by atoms with Crippen LogP contribution in [-0.4, -0.2) is 26.6 Å². The van der Waals surface area contributed by atoms with Crippen molar-refractivity contribution in [1.82, 2.24) is 0 Å². The molecular weight excluding hydrogens is 294 g/mol. The first-order valence-electron chi connectivity index (χ1n) is 6.07. The Morgan fingerprint density at radius 1 is 1.30 bits per heavy atom. The number of hydrogen-bond donors (Lipinski definition) is 0. The van der Waals surface area contributed by atoms with Gasteiger partial charge in [0.15, 0.2) is 9.84 Å². The maximum Gasteiger partial charge on any atom is 0.243 e. The molecule has 0 aliphatic rings. The molecule has 6 heteroatoms. The standard InChI is InChI=1S/C14H14NO3S2/c1-2-15(14-9-6-10-19-14)13(16)11-20(17,18)12-7-4-3-5-8-12/h4-10H,2,11H2,1H3. The van der Waals surface area contributed by atoms with Gasteiger partial charge in [-0.25, -0.2) is 8.42 Å². The third-order valence-electron chi connectivity index (χ3n) is 2.75. The highest BCUT2D eigenvalue weighted by Crippen LogP contribution is 2.22. The summed E-state index contributed by atoms with van der Waals surface area (Å²) < 4.78 is 24.3. The fourth-order valence-corrected chi connectivity index (χ4v) is 3.79. The summed E-state index contributed by atoms with van der Waals surface area (Å²) in [7, 11) is -3.61. The predicted octanol–water partition coefficient (Wildman–Crippen LogP) is 2.38. The zero-order chi connectivity index (χ0) is 14.6. The molecule has 0 spiro atoms. The number of carbonyl (C=O) groups is 1. The van der Waals surface area contributed by atoms with Crippen molar-refractivity contribution in [2.45, 2.75) is 11.8 Å². The van der Waals surface area contributed by atoms with Gasteiger partial charge in [0.25, 0.3) is 0 Å². The molecule has 105 valence electrons. The maximum absolute atomic E-state index is 12.2. The summed E-state index contributed by atoms with van der Waals surface area (Å²) in [6, 6.07) is 12.3. The first-order chi connectivity index (χ1) is 9.54. The van der Waals surface area contributed by atoms with Crippen molar-refractivity contribution in [2.24, 2.45) is 0 Å². The van der Waals surface area contributed by atoms with Gasteiger partial charge in [0, 0.05) is 6.54 Å². The van der Waals surface area contributed by atoms with E-state index in [9.17, 15) is 13.2 Å². The summed E-state index contributed by atoms with van der Waals surface area (Å²) in [5.41, 5.74) is 0. The van der Waals surface area contributed by atoms with Gasteiger partial charge in [-0.15, -0.1) is 11.3 Å². The fourth-order valence-electron chi connectivity index (χ4n) is 1.78. The summed E-state index contributed by atoms with van der Waals surface area (Å²) in [5.74, 6) is -0.939. The van der Waals surface area contributed by atoms with E-state index in [1.165, 1.54) is 40.5 Å². The first-order valence-corrected chi connectivity index (χ1v) is 8.60. The third-order valence-corrected chi connectivity index (χ3v) is 5.26. The second kappa shape index (κ2) is 6.19. The van der Waals surface area contributed by atoms with Crippen LogP contribution in [0.2, 0.25) is 0 Å². The van der Waals surface area contributed by atoms with Crippen LogP contribution in [0, 0.1) is 6.07 Å². The lowest BCUT2D eigenvalue weighted by Crippen LogP contribution is -2.35. The van der Waals surface area contributed by atoms with Gasteiger partial charge in [-0.3, -0.25) is 4.79 Å². The summed E-state index contributed by atoms with van der Waals surface area (Å²) in [5, 5.41) is 2.61. The van der Waals surface area contributed by atoms with E-state index in [0.29, 0.717) is 6.54 Å². The lowest BCUT2D eigenvalue weighted by atomic mass is 10.4. The van der Waals surface area contributed by atoms with Crippen LogP contribution in [0.4, 0.5) is 5.00 Å². The zero-order valence-electron chi connectivity index (χ0n) is 10.9. The smallest absolute Gasteiger partial charge is 0.243 e. The molecule has 0 bridgehead atoms. The van der Waals surface area contributed by atoms with E-state index in [-0.39, 0.29) is 4.90 Å². The second-order valence-corrected chi connectivity index (χ2v) is 7.00. The minimum atomic E-state index is -3.61. The molecule has 0 unspecified atom stereocenters. The van der Waals surface area contributed by atoms with Crippen molar-refractivity contribution < 1.29 is 13.2 Å². The minimum absolute atomic E-state index is 0.145. The third kappa shape index (κ3) is 3.26. The van der Waals surface area contributed by atoms with Crippen LogP contribution >= 0.6 is 11.3 Å². The molecule has 0 saturated heterocycles. The highest BCUT2D eigenvalue weighted by atomic mass is 32.2. The number of hydrogen-bond acceptors (Lipinski definition) is 4. The Morgan fingerprint density at radius 3 is 2.55 bits per heavy atom. The SMILES string of the molecule is CCN(C(=O)CS(=O)(=O)c1cc[c]cc1)c1cccs1. The molecule has 2 aromatic rings. The van der Waals surface area contributed by atoms with Gasteiger partial charge in [-0.05, 0) is 42.6 Å². The normalized spacial score (nSPS) is 11.2. The minimum Gasteiger partial charge on any atom is -0.303 e. The molecule has 0 atom stereocenters. The number of thiophene rings is 1. The number of sulfone groups is 1. The Balaban J connectivity index is 2.19. The number of carbonyl (C=O) groups excluding carboxylic acids is 1. The lowest BCUT2D eigenvalue weighted by Gasteiger charge is -2.18. The zero-order valence-corrected chi connectivity index (χ0v) is 12.6. The molecule has 0 fully saturated rings. The molecule has 0 N–H and O–H groups in total. The Hall–Kier alpha value is -1.66. The molecule has 4 nitrogen and oxygen atoms in total. The fraction of sp³-hybridized carbons (Fsp3) is 0.214. The number of benzene rings is 1. The molecule has 0 aliphatic carbocycles. The molecule has 1 radical (unpaired) electrons. The van der Waals surface area contributed by atoms with E-state index in [1.807, 2.05) is 18.4 Å². The van der Waals surface area contributed by atoms with Gasteiger partial charge in [0.2, 0.25) is 5.91 Å². The number of amides is 1. The quantitative estimate of drug-likeness (QED) is 0.852. The van der Waals surface area contributed by atoms with Crippen molar-refractivity contribution >= 4 is 32.1 Å². The molecular formula is C14H14NO3S2. The van der Waals surface area contributed by atoms with Gasteiger partial charge >= 0.3 is 0 Å². The van der Waals surface area contributed by atoms with Crippen molar-refractivity contribution in [2.75, 3.05) is 17.2 Å². The lowest BCUT2D eigenvalue weighted by molar-refractivity contribution is -0.116. The molecule has 1 aromatic carbocycles. The van der Waals surface area contributed by atoms with Crippen LogP contribution in [0.25, 0.3) is 0 Å². The van der Waals surface area contributed by atoms with Crippen LogP contribution in [0.15, 0.2) is 46.7 Å². The highest BCUT2D eigenvalue weighted by molar-refractivity contribution is 7.92. The van der Waals surface area contributed by atoms with Crippen molar-refractivity contribution in [3.63, 3.8) is 0 Å². The van der Waals surface area contributed by atoms with Gasteiger partial charge in [-0.2, -0.15) is 0 Å². The summed E-state index contributed by atoms with van der Waals surface area (Å²) >= 11 is 1.41. The Bertz CT molecular complexity index is 664. The van der Waals surface area contributed by atoms with E-state index in [0.717, 1.165) is 5.00 Å². The molecule has 0 aliphatic heterocycles. The van der Waals surface area contributed by atoms with Gasteiger partial charge in [-0.1, -0.05) is 12.1 Å². The van der Waals surface area contributed by atoms with Crippen LogP contribution in [-0.2, 0) is 14.6 Å². The van der Waals surface area contributed by atoms with Crippen LogP contribution < -0.4 is 4.90 Å². The number of anilines is 1. The summed E-state index contributed by atoms with van der Waals surface area (Å²) in [6.07, 6.45) is 0. The van der Waals surface area contributed by atoms with Crippen molar-refractivity contribution in [3.05, 3.63) is 47.8 Å². The van der Waals surface area contributed by atoms with E-state index in [2.05, 4.69) is 6.07 Å². The average Bonchev–Trinajstić information content (AvgIpc) is 2.94. The molecule has 1 heterocycles. The molecule has 1 amide bonds. The van der Waals surface area contributed by atoms with Crippen molar-refractivity contribution in [3.8, 4) is 0 Å². The van der Waals surface area contributed by atoms with Gasteiger partial charge in [0.05, 0.1) is 9.90 Å². The van der Waals surface area contributed by atoms with E-state index >= 15 is 0 Å². The van der Waals surface area contributed by atoms with E-state index in [1.54, 1.807) is 6.07 Å². The average molecular weight is 308 g/mol. The van der Waals surface area contributed by atoms with Crippen LogP contribution in [0.5, 0.6) is 0 Å². The second-order valence-electron chi connectivity index (χ2n) is 4.08. The molecule has 2 rings (SSSR count). The largest absolute Gasteiger partial charge is 0.303 e. The first kappa shape index (κ1) is 14.7.